The molecule has 4 heteroatoms. The smallest absolute Gasteiger partial charge is 0.160 e. The standard InChI is InChI=1S/C7H3IOS2/c8-6-3-10-7-5(6)1-4(2-9)11-7/h1-3H. The van der Waals surface area contributed by atoms with Crippen LogP contribution in [0.1, 0.15) is 9.67 Å². The van der Waals surface area contributed by atoms with E-state index in [1.807, 2.05) is 6.07 Å². The first-order valence-electron chi connectivity index (χ1n) is 2.93. The van der Waals surface area contributed by atoms with Crippen molar-refractivity contribution in [3.8, 4) is 0 Å². The molecule has 0 N–H and O–H groups in total. The van der Waals surface area contributed by atoms with E-state index in [-0.39, 0.29) is 0 Å². The third-order valence-electron chi connectivity index (χ3n) is 1.36. The number of fused-ring (bicyclic) bond motifs is 1. The predicted molar refractivity (Wildman–Crippen MR) is 57.8 cm³/mol. The van der Waals surface area contributed by atoms with Crippen molar-refractivity contribution in [3.63, 3.8) is 0 Å². The normalized spacial score (nSPS) is 10.6. The average Bonchev–Trinajstić information content (AvgIpc) is 2.53. The van der Waals surface area contributed by atoms with Crippen molar-refractivity contribution < 1.29 is 4.79 Å². The van der Waals surface area contributed by atoms with Gasteiger partial charge in [-0.3, -0.25) is 4.79 Å². The summed E-state index contributed by atoms with van der Waals surface area (Å²) in [4.78, 5) is 11.2. The lowest BCUT2D eigenvalue weighted by atomic mass is 10.4. The van der Waals surface area contributed by atoms with Gasteiger partial charge in [-0.25, -0.2) is 0 Å². The summed E-state index contributed by atoms with van der Waals surface area (Å²) < 4.78 is 2.49. The second-order valence-electron chi connectivity index (χ2n) is 2.05. The fraction of sp³-hybridized carbons (Fsp3) is 0. The molecule has 2 heterocycles. The van der Waals surface area contributed by atoms with E-state index in [4.69, 9.17) is 0 Å². The summed E-state index contributed by atoms with van der Waals surface area (Å²) in [6, 6.07) is 1.95. The molecule has 0 aromatic carbocycles. The molecular weight excluding hydrogens is 291 g/mol. The summed E-state index contributed by atoms with van der Waals surface area (Å²) in [6.45, 7) is 0. The molecule has 0 saturated heterocycles. The summed E-state index contributed by atoms with van der Waals surface area (Å²) in [7, 11) is 0. The monoisotopic (exact) mass is 294 g/mol. The van der Waals surface area contributed by atoms with Gasteiger partial charge in [0, 0.05) is 14.3 Å². The van der Waals surface area contributed by atoms with Gasteiger partial charge in [0.05, 0.1) is 8.89 Å². The van der Waals surface area contributed by atoms with Crippen LogP contribution in [0.15, 0.2) is 11.4 Å². The van der Waals surface area contributed by atoms with Crippen molar-refractivity contribution in [2.75, 3.05) is 0 Å². The maximum Gasteiger partial charge on any atom is 0.160 e. The van der Waals surface area contributed by atoms with Crippen LogP contribution in [-0.2, 0) is 0 Å². The Balaban J connectivity index is 2.79. The number of aldehydes is 1. The Morgan fingerprint density at radius 2 is 2.36 bits per heavy atom. The van der Waals surface area contributed by atoms with Crippen LogP contribution < -0.4 is 0 Å². The second kappa shape index (κ2) is 2.84. The number of hydrogen-bond donors (Lipinski definition) is 0. The third kappa shape index (κ3) is 1.23. The Kier molecular flexibility index (Phi) is 1.98. The molecule has 0 bridgehead atoms. The topological polar surface area (TPSA) is 17.1 Å². The molecule has 0 unspecified atom stereocenters. The summed E-state index contributed by atoms with van der Waals surface area (Å²) >= 11 is 5.55. The van der Waals surface area contributed by atoms with Crippen molar-refractivity contribution >= 4 is 61.0 Å². The number of carbonyl (C=O) groups excluding carboxylic acids is 1. The molecule has 0 saturated carbocycles. The van der Waals surface area contributed by atoms with Gasteiger partial charge in [0.25, 0.3) is 0 Å². The number of thiophene rings is 2. The number of rotatable bonds is 1. The predicted octanol–water partition coefficient (Wildman–Crippen LogP) is 3.38. The molecule has 1 nitrogen and oxygen atoms in total. The molecular formula is C7H3IOS2. The van der Waals surface area contributed by atoms with Crippen LogP contribution in [0, 0.1) is 3.57 Å². The van der Waals surface area contributed by atoms with Crippen LogP contribution in [0.2, 0.25) is 0 Å². The first-order chi connectivity index (χ1) is 5.31. The molecule has 0 aliphatic heterocycles. The summed E-state index contributed by atoms with van der Waals surface area (Å²) in [6.07, 6.45) is 0.910. The van der Waals surface area contributed by atoms with Gasteiger partial charge in [0.15, 0.2) is 6.29 Å². The highest BCUT2D eigenvalue weighted by molar-refractivity contribution is 14.1. The van der Waals surface area contributed by atoms with Crippen LogP contribution in [0.5, 0.6) is 0 Å². The zero-order chi connectivity index (χ0) is 7.84. The quantitative estimate of drug-likeness (QED) is 0.582. The Hall–Kier alpha value is 0.0600. The van der Waals surface area contributed by atoms with Crippen LogP contribution in [0.25, 0.3) is 9.40 Å². The summed E-state index contributed by atoms with van der Waals surface area (Å²) in [5, 5.41) is 3.33. The van der Waals surface area contributed by atoms with Gasteiger partial charge in [-0.2, -0.15) is 0 Å². The molecule has 2 aromatic heterocycles. The summed E-state index contributed by atoms with van der Waals surface area (Å²) in [5.41, 5.74) is 0. The lowest BCUT2D eigenvalue weighted by Crippen LogP contribution is -1.64. The molecule has 0 fully saturated rings. The number of halogens is 1. The molecule has 11 heavy (non-hydrogen) atoms. The van der Waals surface area contributed by atoms with Crippen LogP contribution in [0.4, 0.5) is 0 Å². The Morgan fingerprint density at radius 3 is 3.00 bits per heavy atom. The molecule has 0 radical (unpaired) electrons. The molecule has 0 aliphatic carbocycles. The van der Waals surface area contributed by atoms with E-state index in [0.717, 1.165) is 11.2 Å². The van der Waals surface area contributed by atoms with Crippen molar-refractivity contribution in [2.24, 2.45) is 0 Å². The lowest BCUT2D eigenvalue weighted by Gasteiger charge is -1.75. The largest absolute Gasteiger partial charge is 0.297 e. The van der Waals surface area contributed by atoms with E-state index < -0.39 is 0 Å². The van der Waals surface area contributed by atoms with Crippen molar-refractivity contribution in [1.82, 2.24) is 0 Å². The molecule has 56 valence electrons. The average molecular weight is 294 g/mol. The molecule has 0 amide bonds. The SMILES string of the molecule is O=Cc1cc2c(I)csc2s1. The van der Waals surface area contributed by atoms with E-state index in [9.17, 15) is 4.79 Å². The minimum Gasteiger partial charge on any atom is -0.297 e. The van der Waals surface area contributed by atoms with E-state index >= 15 is 0 Å². The molecule has 0 atom stereocenters. The zero-order valence-corrected chi connectivity index (χ0v) is 9.13. The van der Waals surface area contributed by atoms with Crippen molar-refractivity contribution in [2.45, 2.75) is 0 Å². The van der Waals surface area contributed by atoms with Crippen LogP contribution >= 0.6 is 45.3 Å². The fourth-order valence-corrected chi connectivity index (χ4v) is 4.02. The highest BCUT2D eigenvalue weighted by Gasteiger charge is 2.05. The zero-order valence-electron chi connectivity index (χ0n) is 5.33. The summed E-state index contributed by atoms with van der Waals surface area (Å²) in [5.74, 6) is 0. The lowest BCUT2D eigenvalue weighted by molar-refractivity contribution is 0.112. The van der Waals surface area contributed by atoms with E-state index in [2.05, 4.69) is 28.0 Å². The van der Waals surface area contributed by atoms with Gasteiger partial charge in [0.1, 0.15) is 0 Å². The Morgan fingerprint density at radius 1 is 1.55 bits per heavy atom. The first kappa shape index (κ1) is 7.70. The minimum absolute atomic E-state index is 0.824. The van der Waals surface area contributed by atoms with Gasteiger partial charge >= 0.3 is 0 Å². The van der Waals surface area contributed by atoms with Gasteiger partial charge in [-0.1, -0.05) is 0 Å². The first-order valence-corrected chi connectivity index (χ1v) is 5.70. The van der Waals surface area contributed by atoms with E-state index in [1.54, 1.807) is 22.7 Å². The van der Waals surface area contributed by atoms with Crippen molar-refractivity contribution in [1.29, 1.82) is 0 Å². The van der Waals surface area contributed by atoms with Gasteiger partial charge in [0.2, 0.25) is 0 Å². The molecule has 2 aromatic rings. The minimum atomic E-state index is 0.824. The van der Waals surface area contributed by atoms with Gasteiger partial charge in [-0.05, 0) is 28.7 Å². The maximum atomic E-state index is 10.4. The van der Waals surface area contributed by atoms with Crippen LogP contribution in [0.3, 0.4) is 0 Å². The van der Waals surface area contributed by atoms with Crippen molar-refractivity contribution in [3.05, 3.63) is 19.9 Å². The van der Waals surface area contributed by atoms with Gasteiger partial charge in [-0.15, -0.1) is 22.7 Å². The Labute approximate surface area is 85.2 Å². The third-order valence-corrected chi connectivity index (χ3v) is 4.86. The molecule has 0 aliphatic rings. The van der Waals surface area contributed by atoms with Gasteiger partial charge < -0.3 is 0 Å². The molecule has 2 rings (SSSR count). The second-order valence-corrected chi connectivity index (χ2v) is 5.44. The fourth-order valence-electron chi connectivity index (χ4n) is 0.873. The number of carbonyl (C=O) groups is 1. The highest BCUT2D eigenvalue weighted by atomic mass is 127. The molecule has 0 spiro atoms. The van der Waals surface area contributed by atoms with E-state index in [1.165, 1.54) is 13.0 Å². The maximum absolute atomic E-state index is 10.4. The number of hydrogen-bond acceptors (Lipinski definition) is 3. The highest BCUT2D eigenvalue weighted by Crippen LogP contribution is 2.33. The Bertz CT molecular complexity index is 401. The van der Waals surface area contributed by atoms with E-state index in [0.29, 0.717) is 0 Å². The van der Waals surface area contributed by atoms with Crippen LogP contribution in [-0.4, -0.2) is 6.29 Å².